The first-order valence-electron chi connectivity index (χ1n) is 9.90. The fraction of sp³-hybridized carbons (Fsp3) is 0.320. The van der Waals surface area contributed by atoms with Gasteiger partial charge in [0.25, 0.3) is 0 Å². The minimum absolute atomic E-state index is 0.292. The molecule has 4 nitrogen and oxygen atoms in total. The highest BCUT2D eigenvalue weighted by Crippen LogP contribution is 2.33. The first-order chi connectivity index (χ1) is 13.7. The number of rotatable bonds is 5. The van der Waals surface area contributed by atoms with E-state index in [0.29, 0.717) is 6.54 Å². The summed E-state index contributed by atoms with van der Waals surface area (Å²) >= 11 is 0. The number of hydrogen-bond donors (Lipinski definition) is 1. The van der Waals surface area contributed by atoms with Crippen LogP contribution in [0.15, 0.2) is 72.8 Å². The van der Waals surface area contributed by atoms with Crippen LogP contribution >= 0.6 is 0 Å². The minimum atomic E-state index is -0.748. The van der Waals surface area contributed by atoms with Crippen LogP contribution in [0.25, 0.3) is 10.8 Å². The Balaban J connectivity index is 1.93. The predicted octanol–water partition coefficient (Wildman–Crippen LogP) is 5.52. The highest BCUT2D eigenvalue weighted by Gasteiger charge is 2.28. The van der Waals surface area contributed by atoms with Gasteiger partial charge in [-0.3, -0.25) is 0 Å². The summed E-state index contributed by atoms with van der Waals surface area (Å²) in [6.45, 7) is 5.87. The lowest BCUT2D eigenvalue weighted by Gasteiger charge is -2.30. The molecule has 0 saturated heterocycles. The lowest BCUT2D eigenvalue weighted by molar-refractivity contribution is 0.0250. The Kier molecular flexibility index (Phi) is 6.23. The second-order valence-electron chi connectivity index (χ2n) is 8.43. The van der Waals surface area contributed by atoms with Crippen molar-refractivity contribution in [2.45, 2.75) is 38.4 Å². The van der Waals surface area contributed by atoms with Crippen molar-refractivity contribution in [3.05, 3.63) is 83.9 Å². The molecule has 4 heteroatoms. The molecule has 0 heterocycles. The van der Waals surface area contributed by atoms with E-state index in [1.54, 1.807) is 7.05 Å². The molecule has 0 saturated carbocycles. The van der Waals surface area contributed by atoms with E-state index in [0.717, 1.165) is 21.9 Å². The predicted molar refractivity (Wildman–Crippen MR) is 117 cm³/mol. The molecular formula is C25H29NO3. The quantitative estimate of drug-likeness (QED) is 0.623. The summed E-state index contributed by atoms with van der Waals surface area (Å²) in [5.74, 6) is -0.292. The highest BCUT2D eigenvalue weighted by atomic mass is 16.6. The van der Waals surface area contributed by atoms with Gasteiger partial charge in [0.05, 0.1) is 6.10 Å². The average Bonchev–Trinajstić information content (AvgIpc) is 2.70. The van der Waals surface area contributed by atoms with Gasteiger partial charge in [0, 0.05) is 19.5 Å². The van der Waals surface area contributed by atoms with E-state index in [2.05, 4.69) is 24.3 Å². The van der Waals surface area contributed by atoms with Crippen LogP contribution in [0.4, 0.5) is 4.79 Å². The third-order valence-electron chi connectivity index (χ3n) is 4.90. The first-order valence-corrected chi connectivity index (χ1v) is 9.90. The number of carbonyl (C=O) groups excluding carboxylic acids is 1. The van der Waals surface area contributed by atoms with E-state index in [4.69, 9.17) is 4.74 Å². The van der Waals surface area contributed by atoms with E-state index >= 15 is 0 Å². The Morgan fingerprint density at radius 1 is 0.931 bits per heavy atom. The molecule has 3 rings (SSSR count). The van der Waals surface area contributed by atoms with Crippen LogP contribution in [0.1, 0.15) is 43.9 Å². The molecule has 0 fully saturated rings. The van der Waals surface area contributed by atoms with E-state index in [9.17, 15) is 9.90 Å². The third-order valence-corrected chi connectivity index (χ3v) is 4.90. The smallest absolute Gasteiger partial charge is 0.410 e. The van der Waals surface area contributed by atoms with Crippen LogP contribution in [0.2, 0.25) is 0 Å². The largest absolute Gasteiger partial charge is 0.444 e. The Morgan fingerprint density at radius 2 is 1.55 bits per heavy atom. The standard InChI is InChI=1S/C25H29NO3/c1-25(2,3)29-24(28)26(4)17-22(23(27)19-11-6-5-7-12-19)21-15-14-18-10-8-9-13-20(18)16-21/h5-16,22-23,27H,17H2,1-4H3/t22-,23+/m1/s1. The zero-order valence-electron chi connectivity index (χ0n) is 17.5. The van der Waals surface area contributed by atoms with Crippen molar-refractivity contribution in [1.82, 2.24) is 4.90 Å². The maximum atomic E-state index is 12.5. The van der Waals surface area contributed by atoms with Crippen molar-refractivity contribution in [3.63, 3.8) is 0 Å². The molecule has 0 aliphatic heterocycles. The molecular weight excluding hydrogens is 362 g/mol. The topological polar surface area (TPSA) is 49.8 Å². The molecule has 3 aromatic carbocycles. The van der Waals surface area contributed by atoms with Gasteiger partial charge >= 0.3 is 6.09 Å². The van der Waals surface area contributed by atoms with Gasteiger partial charge < -0.3 is 14.7 Å². The molecule has 0 spiro atoms. The SMILES string of the molecule is CN(C[C@H](c1ccc2ccccc2c1)[C@@H](O)c1ccccc1)C(=O)OC(C)(C)C. The fourth-order valence-corrected chi connectivity index (χ4v) is 3.42. The maximum Gasteiger partial charge on any atom is 0.410 e. The fourth-order valence-electron chi connectivity index (χ4n) is 3.42. The van der Waals surface area contributed by atoms with Gasteiger partial charge in [0.1, 0.15) is 5.60 Å². The summed E-state index contributed by atoms with van der Waals surface area (Å²) in [7, 11) is 1.71. The Hall–Kier alpha value is -2.85. The van der Waals surface area contributed by atoms with Crippen molar-refractivity contribution in [3.8, 4) is 0 Å². The van der Waals surface area contributed by atoms with Crippen LogP contribution < -0.4 is 0 Å². The van der Waals surface area contributed by atoms with Crippen molar-refractivity contribution >= 4 is 16.9 Å². The molecule has 0 unspecified atom stereocenters. The van der Waals surface area contributed by atoms with Gasteiger partial charge in [-0.1, -0.05) is 72.8 Å². The molecule has 0 aromatic heterocycles. The molecule has 0 aliphatic carbocycles. The zero-order valence-corrected chi connectivity index (χ0v) is 17.5. The van der Waals surface area contributed by atoms with Crippen molar-refractivity contribution < 1.29 is 14.6 Å². The van der Waals surface area contributed by atoms with Crippen LogP contribution in [-0.2, 0) is 4.74 Å². The van der Waals surface area contributed by atoms with E-state index in [1.165, 1.54) is 4.90 Å². The average molecular weight is 392 g/mol. The number of benzene rings is 3. The maximum absolute atomic E-state index is 12.5. The summed E-state index contributed by atoms with van der Waals surface area (Å²) in [6, 6.07) is 23.9. The zero-order chi connectivity index (χ0) is 21.0. The van der Waals surface area contributed by atoms with Crippen LogP contribution in [0, 0.1) is 0 Å². The molecule has 0 aliphatic rings. The van der Waals surface area contributed by atoms with Gasteiger partial charge in [-0.25, -0.2) is 4.79 Å². The lowest BCUT2D eigenvalue weighted by atomic mass is 9.87. The summed E-state index contributed by atoms with van der Waals surface area (Å²) in [4.78, 5) is 14.1. The number of aliphatic hydroxyl groups is 1. The molecule has 0 bridgehead atoms. The number of ether oxygens (including phenoxy) is 1. The van der Waals surface area contributed by atoms with Gasteiger partial charge in [0.15, 0.2) is 0 Å². The second kappa shape index (κ2) is 8.66. The van der Waals surface area contributed by atoms with Gasteiger partial charge in [-0.05, 0) is 42.7 Å². The van der Waals surface area contributed by atoms with E-state index < -0.39 is 17.8 Å². The Labute approximate surface area is 172 Å². The number of carbonyl (C=O) groups is 1. The van der Waals surface area contributed by atoms with Crippen molar-refractivity contribution in [1.29, 1.82) is 0 Å². The summed E-state index contributed by atoms with van der Waals surface area (Å²) in [5.41, 5.74) is 1.24. The molecule has 2 atom stereocenters. The van der Waals surface area contributed by atoms with Crippen LogP contribution in [0.5, 0.6) is 0 Å². The van der Waals surface area contributed by atoms with E-state index in [1.807, 2.05) is 69.3 Å². The normalized spacial score (nSPS) is 13.7. The Bertz CT molecular complexity index is 962. The van der Waals surface area contributed by atoms with Crippen molar-refractivity contribution in [2.75, 3.05) is 13.6 Å². The first kappa shape index (κ1) is 20.9. The number of nitrogens with zero attached hydrogens (tertiary/aromatic N) is 1. The van der Waals surface area contributed by atoms with Crippen molar-refractivity contribution in [2.24, 2.45) is 0 Å². The molecule has 1 amide bonds. The minimum Gasteiger partial charge on any atom is -0.444 e. The molecule has 1 N–H and O–H groups in total. The highest BCUT2D eigenvalue weighted by molar-refractivity contribution is 5.83. The third kappa shape index (κ3) is 5.36. The summed E-state index contributed by atoms with van der Waals surface area (Å²) in [5, 5.41) is 13.4. The number of hydrogen-bond acceptors (Lipinski definition) is 3. The number of aliphatic hydroxyl groups excluding tert-OH is 1. The Morgan fingerprint density at radius 3 is 2.21 bits per heavy atom. The second-order valence-corrected chi connectivity index (χ2v) is 8.43. The van der Waals surface area contributed by atoms with Gasteiger partial charge in [-0.15, -0.1) is 0 Å². The molecule has 152 valence electrons. The van der Waals surface area contributed by atoms with E-state index in [-0.39, 0.29) is 5.92 Å². The van der Waals surface area contributed by atoms with Crippen LogP contribution in [-0.4, -0.2) is 35.3 Å². The lowest BCUT2D eigenvalue weighted by Crippen LogP contribution is -2.37. The monoisotopic (exact) mass is 391 g/mol. The van der Waals surface area contributed by atoms with Gasteiger partial charge in [-0.2, -0.15) is 0 Å². The number of amides is 1. The number of fused-ring (bicyclic) bond motifs is 1. The number of likely N-dealkylation sites (N-methyl/N-ethyl adjacent to an activating group) is 1. The molecule has 29 heavy (non-hydrogen) atoms. The molecule has 0 radical (unpaired) electrons. The van der Waals surface area contributed by atoms with Gasteiger partial charge in [0.2, 0.25) is 0 Å². The molecule has 3 aromatic rings. The summed E-state index contributed by atoms with van der Waals surface area (Å²) in [6.07, 6.45) is -1.15. The summed E-state index contributed by atoms with van der Waals surface area (Å²) < 4.78 is 5.50. The van der Waals surface area contributed by atoms with Crippen LogP contribution in [0.3, 0.4) is 0 Å².